The fraction of sp³-hybridized carbons (Fsp3) is 0.394. The van der Waals surface area contributed by atoms with Crippen molar-refractivity contribution in [3.8, 4) is 0 Å². The second-order valence-electron chi connectivity index (χ2n) is 11.2. The number of fused-ring (bicyclic) bond motifs is 1. The summed E-state index contributed by atoms with van der Waals surface area (Å²) in [6, 6.07) is 24.2. The van der Waals surface area contributed by atoms with Crippen LogP contribution in [0.2, 0.25) is 0 Å². The van der Waals surface area contributed by atoms with Crippen LogP contribution in [0, 0.1) is 12.8 Å². The van der Waals surface area contributed by atoms with Gasteiger partial charge in [-0.1, -0.05) is 73.5 Å². The van der Waals surface area contributed by atoms with Crippen LogP contribution in [0.5, 0.6) is 0 Å². The standard InChI is InChI=1S/C33H39N3O5S/c1-25-34-31-18-10-17-29(32(31)41-25)24-42(39,40)36(21-27-13-8-9-14-27)23-30(37)22-35(20-19-26-11-4-2-5-12-26)33(38)28-15-6-3-7-16-28/h2-7,10-12,15-18,27,30,37H,8-9,13-14,19-24H2,1H3/t30-/m0/s1. The smallest absolute Gasteiger partial charge is 0.253 e. The molecule has 1 aliphatic carbocycles. The van der Waals surface area contributed by atoms with E-state index in [1.54, 1.807) is 42.2 Å². The Morgan fingerprint density at radius 3 is 2.38 bits per heavy atom. The number of benzene rings is 3. The lowest BCUT2D eigenvalue weighted by molar-refractivity contribution is 0.0584. The van der Waals surface area contributed by atoms with Gasteiger partial charge in [0, 0.05) is 44.2 Å². The minimum Gasteiger partial charge on any atom is -0.441 e. The number of aryl methyl sites for hydroxylation is 1. The minimum absolute atomic E-state index is 0.0220. The monoisotopic (exact) mass is 589 g/mol. The third-order valence-electron chi connectivity index (χ3n) is 7.94. The summed E-state index contributed by atoms with van der Waals surface area (Å²) < 4.78 is 35.0. The van der Waals surface area contributed by atoms with Crippen LogP contribution in [0.4, 0.5) is 0 Å². The highest BCUT2D eigenvalue weighted by Crippen LogP contribution is 2.28. The summed E-state index contributed by atoms with van der Waals surface area (Å²) in [6.45, 7) is 2.42. The van der Waals surface area contributed by atoms with Crippen LogP contribution in [0.1, 0.15) is 53.1 Å². The average Bonchev–Trinajstić information content (AvgIpc) is 3.65. The molecular weight excluding hydrogens is 550 g/mol. The summed E-state index contributed by atoms with van der Waals surface area (Å²) in [5.74, 6) is 0.282. The number of carbonyl (C=O) groups excluding carboxylic acids is 1. The van der Waals surface area contributed by atoms with E-state index in [4.69, 9.17) is 4.42 Å². The fourth-order valence-electron chi connectivity index (χ4n) is 5.80. The third-order valence-corrected chi connectivity index (χ3v) is 9.70. The molecule has 0 spiro atoms. The molecule has 9 heteroatoms. The molecule has 1 amide bonds. The van der Waals surface area contributed by atoms with Gasteiger partial charge < -0.3 is 14.4 Å². The van der Waals surface area contributed by atoms with E-state index in [-0.39, 0.29) is 30.7 Å². The van der Waals surface area contributed by atoms with Gasteiger partial charge in [-0.05, 0) is 48.9 Å². The van der Waals surface area contributed by atoms with Crippen LogP contribution in [0.3, 0.4) is 0 Å². The van der Waals surface area contributed by atoms with Gasteiger partial charge >= 0.3 is 0 Å². The Hall–Kier alpha value is -3.53. The largest absolute Gasteiger partial charge is 0.441 e. The van der Waals surface area contributed by atoms with E-state index in [9.17, 15) is 18.3 Å². The number of hydrogen-bond donors (Lipinski definition) is 1. The number of aliphatic hydroxyl groups is 1. The number of rotatable bonds is 13. The number of hydrogen-bond acceptors (Lipinski definition) is 6. The van der Waals surface area contributed by atoms with Crippen molar-refractivity contribution in [1.82, 2.24) is 14.2 Å². The van der Waals surface area contributed by atoms with Gasteiger partial charge in [-0.15, -0.1) is 0 Å². The molecule has 1 heterocycles. The molecule has 1 aliphatic rings. The molecule has 0 unspecified atom stereocenters. The molecule has 42 heavy (non-hydrogen) atoms. The summed E-state index contributed by atoms with van der Waals surface area (Å²) in [5, 5.41) is 11.3. The van der Waals surface area contributed by atoms with Crippen molar-refractivity contribution < 1.29 is 22.7 Å². The van der Waals surface area contributed by atoms with Crippen LogP contribution >= 0.6 is 0 Å². The zero-order valence-electron chi connectivity index (χ0n) is 24.1. The topological polar surface area (TPSA) is 104 Å². The molecule has 0 bridgehead atoms. The van der Waals surface area contributed by atoms with Gasteiger partial charge in [0.25, 0.3) is 5.91 Å². The fourth-order valence-corrected chi connectivity index (χ4v) is 7.44. The molecule has 1 N–H and O–H groups in total. The lowest BCUT2D eigenvalue weighted by atomic mass is 10.1. The number of amides is 1. The second-order valence-corrected chi connectivity index (χ2v) is 13.2. The maximum Gasteiger partial charge on any atom is 0.253 e. The van der Waals surface area contributed by atoms with Crippen molar-refractivity contribution in [1.29, 1.82) is 0 Å². The summed E-state index contributed by atoms with van der Waals surface area (Å²) in [4.78, 5) is 19.5. The normalized spacial score (nSPS) is 14.9. The Morgan fingerprint density at radius 1 is 0.976 bits per heavy atom. The SMILES string of the molecule is Cc1nc2cccc(CS(=O)(=O)N(CC3CCCC3)C[C@@H](O)CN(CCc3ccccc3)C(=O)c3ccccc3)c2o1. The number of para-hydroxylation sites is 1. The number of aliphatic hydroxyl groups excluding tert-OH is 1. The zero-order valence-corrected chi connectivity index (χ0v) is 24.9. The van der Waals surface area contributed by atoms with Gasteiger partial charge in [0.1, 0.15) is 5.52 Å². The van der Waals surface area contributed by atoms with E-state index >= 15 is 0 Å². The van der Waals surface area contributed by atoms with Crippen molar-refractivity contribution in [2.24, 2.45) is 5.92 Å². The molecular formula is C33H39N3O5S. The quantitative estimate of drug-likeness (QED) is 0.230. The van der Waals surface area contributed by atoms with E-state index in [1.807, 2.05) is 48.5 Å². The highest BCUT2D eigenvalue weighted by Gasteiger charge is 2.31. The predicted molar refractivity (Wildman–Crippen MR) is 163 cm³/mol. The Balaban J connectivity index is 1.35. The van der Waals surface area contributed by atoms with Gasteiger partial charge in [0.05, 0.1) is 11.9 Å². The molecule has 1 atom stereocenters. The maximum atomic E-state index is 13.9. The van der Waals surface area contributed by atoms with E-state index in [2.05, 4.69) is 4.98 Å². The van der Waals surface area contributed by atoms with Crippen LogP contribution in [-0.2, 0) is 22.2 Å². The number of oxazole rings is 1. The maximum absolute atomic E-state index is 13.9. The van der Waals surface area contributed by atoms with E-state index in [0.29, 0.717) is 47.6 Å². The lowest BCUT2D eigenvalue weighted by Crippen LogP contribution is -2.46. The third kappa shape index (κ3) is 7.65. The average molecular weight is 590 g/mol. The number of aromatic nitrogens is 1. The van der Waals surface area contributed by atoms with Crippen molar-refractivity contribution in [2.45, 2.75) is 50.9 Å². The molecule has 0 radical (unpaired) electrons. The Labute approximate surface area is 248 Å². The Morgan fingerprint density at radius 2 is 1.67 bits per heavy atom. The lowest BCUT2D eigenvalue weighted by Gasteiger charge is -2.30. The molecule has 8 nitrogen and oxygen atoms in total. The molecule has 1 fully saturated rings. The first-order valence-corrected chi connectivity index (χ1v) is 16.3. The van der Waals surface area contributed by atoms with Crippen molar-refractivity contribution in [3.05, 3.63) is 101 Å². The summed E-state index contributed by atoms with van der Waals surface area (Å²) >= 11 is 0. The molecule has 4 aromatic rings. The van der Waals surface area contributed by atoms with E-state index in [0.717, 1.165) is 31.2 Å². The minimum atomic E-state index is -3.82. The van der Waals surface area contributed by atoms with Gasteiger partial charge in [-0.2, -0.15) is 4.31 Å². The predicted octanol–water partition coefficient (Wildman–Crippen LogP) is 5.20. The van der Waals surface area contributed by atoms with E-state index < -0.39 is 16.1 Å². The van der Waals surface area contributed by atoms with E-state index in [1.165, 1.54) is 4.31 Å². The molecule has 0 saturated heterocycles. The molecule has 5 rings (SSSR count). The highest BCUT2D eigenvalue weighted by atomic mass is 32.2. The van der Waals surface area contributed by atoms with Crippen LogP contribution < -0.4 is 0 Å². The summed E-state index contributed by atoms with van der Waals surface area (Å²) in [7, 11) is -3.82. The summed E-state index contributed by atoms with van der Waals surface area (Å²) in [5.41, 5.74) is 3.25. The van der Waals surface area contributed by atoms with Crippen molar-refractivity contribution in [3.63, 3.8) is 0 Å². The van der Waals surface area contributed by atoms with Gasteiger partial charge in [0.2, 0.25) is 10.0 Å². The van der Waals surface area contributed by atoms with Crippen LogP contribution in [0.15, 0.2) is 83.3 Å². The zero-order chi connectivity index (χ0) is 29.5. The molecule has 0 aliphatic heterocycles. The first-order valence-electron chi connectivity index (χ1n) is 14.7. The Kier molecular flexibility index (Phi) is 9.72. The molecule has 3 aromatic carbocycles. The van der Waals surface area contributed by atoms with Crippen molar-refractivity contribution >= 4 is 27.0 Å². The van der Waals surface area contributed by atoms with Gasteiger partial charge in [-0.3, -0.25) is 4.79 Å². The highest BCUT2D eigenvalue weighted by molar-refractivity contribution is 7.88. The van der Waals surface area contributed by atoms with Gasteiger partial charge in [0.15, 0.2) is 11.5 Å². The number of sulfonamides is 1. The van der Waals surface area contributed by atoms with Crippen LogP contribution in [0.25, 0.3) is 11.1 Å². The summed E-state index contributed by atoms with van der Waals surface area (Å²) in [6.07, 6.45) is 3.65. The first-order chi connectivity index (χ1) is 20.3. The van der Waals surface area contributed by atoms with Gasteiger partial charge in [-0.25, -0.2) is 13.4 Å². The van der Waals surface area contributed by atoms with Crippen molar-refractivity contribution in [2.75, 3.05) is 26.2 Å². The number of nitrogens with zero attached hydrogens (tertiary/aromatic N) is 3. The van der Waals surface area contributed by atoms with Crippen LogP contribution in [-0.4, -0.2) is 65.9 Å². The second kappa shape index (κ2) is 13.6. The molecule has 1 aromatic heterocycles. The first kappa shape index (κ1) is 29.9. The Bertz CT molecular complexity index is 1570. The molecule has 1 saturated carbocycles. The number of carbonyl (C=O) groups is 1. The molecule has 222 valence electrons.